The lowest BCUT2D eigenvalue weighted by atomic mass is 9.63. The molecular formula is C62H51NSi. The van der Waals surface area contributed by atoms with E-state index in [1.165, 1.54) is 100 Å². The Balaban J connectivity index is 1.16. The van der Waals surface area contributed by atoms with Crippen molar-refractivity contribution < 1.29 is 0 Å². The Labute approximate surface area is 379 Å². The second kappa shape index (κ2) is 14.5. The van der Waals surface area contributed by atoms with Crippen molar-refractivity contribution >= 4 is 45.9 Å². The molecule has 3 aliphatic rings. The molecule has 0 saturated carbocycles. The molecule has 0 atom stereocenters. The first-order valence-electron chi connectivity index (χ1n) is 23.0. The zero-order valence-corrected chi connectivity index (χ0v) is 38.1. The van der Waals surface area contributed by atoms with Crippen molar-refractivity contribution in [1.82, 2.24) is 0 Å². The van der Waals surface area contributed by atoms with Gasteiger partial charge in [-0.2, -0.15) is 0 Å². The highest BCUT2D eigenvalue weighted by Crippen LogP contribution is 2.50. The molecule has 2 heteroatoms. The van der Waals surface area contributed by atoms with E-state index in [0.717, 1.165) is 17.1 Å². The summed E-state index contributed by atoms with van der Waals surface area (Å²) in [4.78, 5) is 2.59. The molecule has 1 nitrogen and oxygen atoms in total. The summed E-state index contributed by atoms with van der Waals surface area (Å²) in [5.74, 6) is 0. The van der Waals surface area contributed by atoms with Crippen LogP contribution in [0.5, 0.6) is 0 Å². The summed E-state index contributed by atoms with van der Waals surface area (Å²) in [5, 5.41) is 5.93. The molecule has 0 bridgehead atoms. The fourth-order valence-electron chi connectivity index (χ4n) is 11.7. The first kappa shape index (κ1) is 38.7. The highest BCUT2D eigenvalue weighted by atomic mass is 28.3. The van der Waals surface area contributed by atoms with Gasteiger partial charge in [0, 0.05) is 16.8 Å². The lowest BCUT2D eigenvalue weighted by molar-refractivity contribution is 0.332. The molecule has 308 valence electrons. The maximum atomic E-state index is 2.60. The largest absolute Gasteiger partial charge is 0.309 e. The minimum Gasteiger partial charge on any atom is -0.309 e. The van der Waals surface area contributed by atoms with Gasteiger partial charge in [-0.25, -0.2) is 0 Å². The normalized spacial score (nSPS) is 15.4. The van der Waals surface area contributed by atoms with Crippen molar-refractivity contribution in [2.24, 2.45) is 0 Å². The SMILES string of the molecule is CC1(C)CCC(C)(C)c2cc(-c3ccccc3N(c3ccc4c(c3)[Si]3(c5ccccc5-c5ccccc53)c3ccccc3-4)c3cc(-c4ccccc4)ccc3-c3ccccc3)ccc21. The van der Waals surface area contributed by atoms with Crippen molar-refractivity contribution in [1.29, 1.82) is 0 Å². The lowest BCUT2D eigenvalue weighted by Gasteiger charge is -2.42. The molecule has 64 heavy (non-hydrogen) atoms. The first-order valence-corrected chi connectivity index (χ1v) is 25.0. The van der Waals surface area contributed by atoms with Crippen LogP contribution in [-0.4, -0.2) is 8.07 Å². The van der Waals surface area contributed by atoms with Crippen LogP contribution >= 0.6 is 0 Å². The Morgan fingerprint density at radius 1 is 0.328 bits per heavy atom. The van der Waals surface area contributed by atoms with Crippen LogP contribution < -0.4 is 25.6 Å². The van der Waals surface area contributed by atoms with Crippen molar-refractivity contribution in [2.45, 2.75) is 51.4 Å². The molecule has 12 rings (SSSR count). The molecule has 0 aromatic heterocycles. The summed E-state index contributed by atoms with van der Waals surface area (Å²) < 4.78 is 0. The smallest absolute Gasteiger partial charge is 0.182 e. The number of anilines is 3. The highest BCUT2D eigenvalue weighted by Gasteiger charge is 2.54. The van der Waals surface area contributed by atoms with E-state index in [4.69, 9.17) is 0 Å². The van der Waals surface area contributed by atoms with Crippen molar-refractivity contribution in [3.05, 3.63) is 223 Å². The van der Waals surface area contributed by atoms with Crippen LogP contribution in [0.1, 0.15) is 51.7 Å². The van der Waals surface area contributed by atoms with Gasteiger partial charge in [-0.05, 0) is 124 Å². The summed E-state index contributed by atoms with van der Waals surface area (Å²) >= 11 is 0. The number of benzene rings is 9. The van der Waals surface area contributed by atoms with Gasteiger partial charge in [0.2, 0.25) is 0 Å². The zero-order valence-electron chi connectivity index (χ0n) is 37.1. The van der Waals surface area contributed by atoms with Gasteiger partial charge in [0.1, 0.15) is 0 Å². The molecule has 9 aromatic carbocycles. The van der Waals surface area contributed by atoms with Gasteiger partial charge >= 0.3 is 0 Å². The number of para-hydroxylation sites is 1. The Morgan fingerprint density at radius 3 is 1.42 bits per heavy atom. The number of fused-ring (bicyclic) bond motifs is 11. The number of hydrogen-bond acceptors (Lipinski definition) is 1. The van der Waals surface area contributed by atoms with Crippen LogP contribution in [0.15, 0.2) is 212 Å². The average Bonchev–Trinajstić information content (AvgIpc) is 3.81. The van der Waals surface area contributed by atoms with Gasteiger partial charge < -0.3 is 4.90 Å². The molecule has 0 fully saturated rings. The average molecular weight is 838 g/mol. The number of hydrogen-bond donors (Lipinski definition) is 0. The lowest BCUT2D eigenvalue weighted by Crippen LogP contribution is -2.70. The summed E-state index contributed by atoms with van der Waals surface area (Å²) in [7, 11) is -2.72. The minimum absolute atomic E-state index is 0.0851. The maximum absolute atomic E-state index is 2.72. The molecular weight excluding hydrogens is 787 g/mol. The Bertz CT molecular complexity index is 3220. The summed E-state index contributed by atoms with van der Waals surface area (Å²) in [5.41, 5.74) is 19.4. The van der Waals surface area contributed by atoms with Crippen molar-refractivity contribution in [3.63, 3.8) is 0 Å². The van der Waals surface area contributed by atoms with Crippen LogP contribution in [0.2, 0.25) is 0 Å². The molecule has 0 saturated heterocycles. The van der Waals surface area contributed by atoms with Crippen LogP contribution in [0.4, 0.5) is 17.1 Å². The molecule has 1 spiro atoms. The molecule has 0 N–H and O–H groups in total. The second-order valence-corrected chi connectivity index (χ2v) is 23.1. The molecule has 1 aliphatic carbocycles. The number of rotatable bonds is 6. The van der Waals surface area contributed by atoms with E-state index in [-0.39, 0.29) is 10.8 Å². The van der Waals surface area contributed by atoms with Gasteiger partial charge in [-0.3, -0.25) is 0 Å². The van der Waals surface area contributed by atoms with E-state index in [1.807, 2.05) is 0 Å². The quantitative estimate of drug-likeness (QED) is 0.151. The Kier molecular flexibility index (Phi) is 8.77. The van der Waals surface area contributed by atoms with E-state index in [9.17, 15) is 0 Å². The predicted octanol–water partition coefficient (Wildman–Crippen LogP) is 13.8. The highest BCUT2D eigenvalue weighted by molar-refractivity contribution is 7.24. The molecule has 0 amide bonds. The monoisotopic (exact) mass is 837 g/mol. The van der Waals surface area contributed by atoms with Crippen LogP contribution in [0, 0.1) is 0 Å². The van der Waals surface area contributed by atoms with Gasteiger partial charge in [0.15, 0.2) is 8.07 Å². The predicted molar refractivity (Wildman–Crippen MR) is 274 cm³/mol. The fraction of sp³-hybridized carbons (Fsp3) is 0.129. The first-order chi connectivity index (χ1) is 31.2. The van der Waals surface area contributed by atoms with E-state index < -0.39 is 8.07 Å². The molecule has 9 aromatic rings. The molecule has 0 unspecified atom stereocenters. The van der Waals surface area contributed by atoms with Gasteiger partial charge in [-0.15, -0.1) is 0 Å². The third-order valence-electron chi connectivity index (χ3n) is 15.0. The Hall–Kier alpha value is -7.00. The summed E-state index contributed by atoms with van der Waals surface area (Å²) in [6.07, 6.45) is 2.37. The maximum Gasteiger partial charge on any atom is 0.182 e. The molecule has 2 heterocycles. The summed E-state index contributed by atoms with van der Waals surface area (Å²) in [6, 6.07) is 80.6. The molecule has 0 radical (unpaired) electrons. The summed E-state index contributed by atoms with van der Waals surface area (Å²) in [6.45, 7) is 9.72. The van der Waals surface area contributed by atoms with Crippen molar-refractivity contribution in [2.75, 3.05) is 4.90 Å². The van der Waals surface area contributed by atoms with Gasteiger partial charge in [0.25, 0.3) is 0 Å². The topological polar surface area (TPSA) is 3.24 Å². The van der Waals surface area contributed by atoms with Crippen LogP contribution in [0.25, 0.3) is 55.6 Å². The number of nitrogens with zero attached hydrogens (tertiary/aromatic N) is 1. The minimum atomic E-state index is -2.72. The zero-order chi connectivity index (χ0) is 43.2. The van der Waals surface area contributed by atoms with Crippen LogP contribution in [-0.2, 0) is 10.8 Å². The van der Waals surface area contributed by atoms with E-state index in [1.54, 1.807) is 0 Å². The fourth-order valence-corrected chi connectivity index (χ4v) is 17.3. The standard InChI is InChI=1S/C62H51NSi/c1-61(2)37-38-62(3,4)54-39-45(32-36-53(54)61)47-23-11-15-27-55(47)63(56-40-44(42-19-7-5-8-20-42)31-34-48(56)43-21-9-6-10-22-43)46-33-35-52-51-26-14-18-30-59(51)64(60(52)41-46)57-28-16-12-24-49(57)50-25-13-17-29-58(50)64/h5-36,39-41H,37-38H2,1-4H3. The third-order valence-corrected chi connectivity index (χ3v) is 19.9. The van der Waals surface area contributed by atoms with Gasteiger partial charge in [0.05, 0.1) is 11.4 Å². The van der Waals surface area contributed by atoms with E-state index in [0.29, 0.717) is 0 Å². The molecule has 2 aliphatic heterocycles. The van der Waals surface area contributed by atoms with Crippen molar-refractivity contribution in [3.8, 4) is 55.6 Å². The Morgan fingerprint density at radius 2 is 0.797 bits per heavy atom. The van der Waals surface area contributed by atoms with Crippen LogP contribution in [0.3, 0.4) is 0 Å². The van der Waals surface area contributed by atoms with Gasteiger partial charge in [-0.1, -0.05) is 216 Å². The second-order valence-electron chi connectivity index (χ2n) is 19.5. The van der Waals surface area contributed by atoms with E-state index in [2.05, 4.69) is 245 Å². The third kappa shape index (κ3) is 5.75. The van der Waals surface area contributed by atoms with E-state index >= 15 is 0 Å².